The highest BCUT2D eigenvalue weighted by Crippen LogP contribution is 2.16. The lowest BCUT2D eigenvalue weighted by Gasteiger charge is -2.18. The molecule has 2 fully saturated rings. The average Bonchev–Trinajstić information content (AvgIpc) is 2.87. The molecule has 2 amide bonds. The van der Waals surface area contributed by atoms with Crippen LogP contribution in [0.15, 0.2) is 0 Å². The highest BCUT2D eigenvalue weighted by molar-refractivity contribution is 5.77. The molecule has 2 N–H and O–H groups in total. The number of urea groups is 1. The van der Waals surface area contributed by atoms with Crippen molar-refractivity contribution in [2.45, 2.75) is 37.8 Å². The van der Waals surface area contributed by atoms with E-state index in [-0.39, 0.29) is 24.6 Å². The van der Waals surface area contributed by atoms with E-state index in [4.69, 9.17) is 9.84 Å². The number of hydrogen-bond donors (Lipinski definition) is 2. The van der Waals surface area contributed by atoms with Crippen LogP contribution < -0.4 is 5.32 Å². The SMILES string of the molecule is O=C(O)CCC1CN(CC2CCCO2)C(=O)N1. The third-order valence-electron chi connectivity index (χ3n) is 3.21. The van der Waals surface area contributed by atoms with Crippen molar-refractivity contribution in [3.8, 4) is 0 Å². The lowest BCUT2D eigenvalue weighted by molar-refractivity contribution is -0.137. The van der Waals surface area contributed by atoms with Gasteiger partial charge in [0.05, 0.1) is 6.10 Å². The molecule has 0 radical (unpaired) electrons. The first-order valence-electron chi connectivity index (χ1n) is 6.04. The number of nitrogens with zero attached hydrogens (tertiary/aromatic N) is 1. The lowest BCUT2D eigenvalue weighted by atomic mass is 10.1. The molecule has 6 heteroatoms. The first kappa shape index (κ1) is 12.2. The zero-order chi connectivity index (χ0) is 12.3. The largest absolute Gasteiger partial charge is 0.481 e. The summed E-state index contributed by atoms with van der Waals surface area (Å²) in [6.45, 7) is 1.99. The predicted octanol–water partition coefficient (Wildman–Crippen LogP) is 0.424. The van der Waals surface area contributed by atoms with E-state index in [2.05, 4.69) is 5.32 Å². The van der Waals surface area contributed by atoms with Gasteiger partial charge in [-0.05, 0) is 19.3 Å². The van der Waals surface area contributed by atoms with Gasteiger partial charge in [0.2, 0.25) is 0 Å². The van der Waals surface area contributed by atoms with Gasteiger partial charge < -0.3 is 20.1 Å². The number of carboxylic acids is 1. The predicted molar refractivity (Wildman–Crippen MR) is 59.7 cm³/mol. The third-order valence-corrected chi connectivity index (χ3v) is 3.21. The molecule has 2 saturated heterocycles. The van der Waals surface area contributed by atoms with Crippen LogP contribution in [-0.2, 0) is 9.53 Å². The summed E-state index contributed by atoms with van der Waals surface area (Å²) in [7, 11) is 0. The molecule has 0 aliphatic carbocycles. The molecule has 2 rings (SSSR count). The summed E-state index contributed by atoms with van der Waals surface area (Å²) in [5.41, 5.74) is 0. The number of nitrogens with one attached hydrogen (secondary N) is 1. The number of rotatable bonds is 5. The fourth-order valence-corrected chi connectivity index (χ4v) is 2.31. The molecule has 17 heavy (non-hydrogen) atoms. The van der Waals surface area contributed by atoms with Gasteiger partial charge in [0.25, 0.3) is 0 Å². The Bertz CT molecular complexity index is 302. The van der Waals surface area contributed by atoms with Gasteiger partial charge in [0.15, 0.2) is 0 Å². The first-order chi connectivity index (χ1) is 8.15. The van der Waals surface area contributed by atoms with Crippen LogP contribution in [0.1, 0.15) is 25.7 Å². The maximum Gasteiger partial charge on any atom is 0.317 e. The van der Waals surface area contributed by atoms with Crippen molar-refractivity contribution in [2.24, 2.45) is 0 Å². The smallest absolute Gasteiger partial charge is 0.317 e. The number of aliphatic carboxylic acids is 1. The number of carbonyl (C=O) groups excluding carboxylic acids is 1. The monoisotopic (exact) mass is 242 g/mol. The molecule has 2 heterocycles. The maximum atomic E-state index is 11.6. The maximum absolute atomic E-state index is 11.6. The van der Waals surface area contributed by atoms with Crippen molar-refractivity contribution in [3.63, 3.8) is 0 Å². The second-order valence-corrected chi connectivity index (χ2v) is 4.62. The lowest BCUT2D eigenvalue weighted by Crippen LogP contribution is -2.34. The Labute approximate surface area is 99.9 Å². The van der Waals surface area contributed by atoms with Crippen LogP contribution in [0.3, 0.4) is 0 Å². The van der Waals surface area contributed by atoms with Crippen molar-refractivity contribution in [1.29, 1.82) is 0 Å². The molecule has 0 saturated carbocycles. The van der Waals surface area contributed by atoms with Crippen molar-refractivity contribution >= 4 is 12.0 Å². The molecule has 6 nitrogen and oxygen atoms in total. The molecule has 2 atom stereocenters. The van der Waals surface area contributed by atoms with Crippen LogP contribution in [-0.4, -0.2) is 53.8 Å². The molecule has 0 aromatic rings. The highest BCUT2D eigenvalue weighted by atomic mass is 16.5. The molecule has 96 valence electrons. The molecule has 0 aromatic heterocycles. The fourth-order valence-electron chi connectivity index (χ4n) is 2.31. The first-order valence-corrected chi connectivity index (χ1v) is 6.04. The Balaban J connectivity index is 1.76. The van der Waals surface area contributed by atoms with E-state index in [0.717, 1.165) is 19.4 Å². The zero-order valence-electron chi connectivity index (χ0n) is 9.72. The van der Waals surface area contributed by atoms with Crippen LogP contribution in [0.5, 0.6) is 0 Å². The van der Waals surface area contributed by atoms with Gasteiger partial charge in [-0.25, -0.2) is 4.79 Å². The van der Waals surface area contributed by atoms with Gasteiger partial charge in [-0.1, -0.05) is 0 Å². The molecule has 2 unspecified atom stereocenters. The van der Waals surface area contributed by atoms with Gasteiger partial charge in [-0.15, -0.1) is 0 Å². The third kappa shape index (κ3) is 3.33. The van der Waals surface area contributed by atoms with E-state index in [1.54, 1.807) is 4.90 Å². The normalized spacial score (nSPS) is 28.5. The van der Waals surface area contributed by atoms with Crippen LogP contribution in [0.2, 0.25) is 0 Å². The van der Waals surface area contributed by atoms with Crippen molar-refractivity contribution in [2.75, 3.05) is 19.7 Å². The quantitative estimate of drug-likeness (QED) is 0.732. The second kappa shape index (κ2) is 5.35. The molecular formula is C11H18N2O4. The van der Waals surface area contributed by atoms with Crippen molar-refractivity contribution in [1.82, 2.24) is 10.2 Å². The topological polar surface area (TPSA) is 78.9 Å². The van der Waals surface area contributed by atoms with Gasteiger partial charge in [0.1, 0.15) is 0 Å². The van der Waals surface area contributed by atoms with Crippen molar-refractivity contribution in [3.05, 3.63) is 0 Å². The van der Waals surface area contributed by atoms with E-state index in [9.17, 15) is 9.59 Å². The van der Waals surface area contributed by atoms with E-state index in [0.29, 0.717) is 19.5 Å². The number of hydrogen-bond acceptors (Lipinski definition) is 3. The summed E-state index contributed by atoms with van der Waals surface area (Å²) in [5, 5.41) is 11.4. The summed E-state index contributed by atoms with van der Waals surface area (Å²) in [5.74, 6) is -0.822. The van der Waals surface area contributed by atoms with Gasteiger partial charge in [-0.3, -0.25) is 4.79 Å². The number of ether oxygens (including phenoxy) is 1. The molecule has 2 aliphatic heterocycles. The van der Waals surface area contributed by atoms with Gasteiger partial charge in [-0.2, -0.15) is 0 Å². The van der Waals surface area contributed by atoms with Crippen LogP contribution >= 0.6 is 0 Å². The van der Waals surface area contributed by atoms with Crippen LogP contribution in [0, 0.1) is 0 Å². The highest BCUT2D eigenvalue weighted by Gasteiger charge is 2.31. The molecule has 2 aliphatic rings. The van der Waals surface area contributed by atoms with E-state index < -0.39 is 5.97 Å². The Hall–Kier alpha value is -1.30. The second-order valence-electron chi connectivity index (χ2n) is 4.62. The molecule has 0 spiro atoms. The summed E-state index contributed by atoms with van der Waals surface area (Å²) in [4.78, 5) is 23.8. The Morgan fingerprint density at radius 1 is 1.59 bits per heavy atom. The fraction of sp³-hybridized carbons (Fsp3) is 0.818. The standard InChI is InChI=1S/C11H18N2O4/c14-10(15)4-3-8-6-13(11(16)12-8)7-9-2-1-5-17-9/h8-9H,1-7H2,(H,12,16)(H,14,15). The van der Waals surface area contributed by atoms with Crippen LogP contribution in [0.4, 0.5) is 4.79 Å². The van der Waals surface area contributed by atoms with E-state index >= 15 is 0 Å². The van der Waals surface area contributed by atoms with E-state index in [1.165, 1.54) is 0 Å². The average molecular weight is 242 g/mol. The Morgan fingerprint density at radius 2 is 2.41 bits per heavy atom. The Kier molecular flexibility index (Phi) is 3.83. The Morgan fingerprint density at radius 3 is 3.06 bits per heavy atom. The summed E-state index contributed by atoms with van der Waals surface area (Å²) in [6, 6.07) is -0.143. The summed E-state index contributed by atoms with van der Waals surface area (Å²) >= 11 is 0. The minimum Gasteiger partial charge on any atom is -0.481 e. The minimum atomic E-state index is -0.822. The number of amides is 2. The van der Waals surface area contributed by atoms with E-state index in [1.807, 2.05) is 0 Å². The van der Waals surface area contributed by atoms with Gasteiger partial charge in [0, 0.05) is 32.2 Å². The minimum absolute atomic E-state index is 0.0417. The summed E-state index contributed by atoms with van der Waals surface area (Å²) in [6.07, 6.45) is 2.80. The van der Waals surface area contributed by atoms with Crippen LogP contribution in [0.25, 0.3) is 0 Å². The number of carbonyl (C=O) groups is 2. The molecule has 0 aromatic carbocycles. The molecule has 0 bridgehead atoms. The summed E-state index contributed by atoms with van der Waals surface area (Å²) < 4.78 is 5.48. The molecular weight excluding hydrogens is 224 g/mol. The van der Waals surface area contributed by atoms with Crippen molar-refractivity contribution < 1.29 is 19.4 Å². The number of carboxylic acid groups (broad SMARTS) is 1. The zero-order valence-corrected chi connectivity index (χ0v) is 9.72. The van der Waals surface area contributed by atoms with Gasteiger partial charge >= 0.3 is 12.0 Å².